The molecule has 0 aliphatic heterocycles. The van der Waals surface area contributed by atoms with E-state index in [1.807, 2.05) is 0 Å². The van der Waals surface area contributed by atoms with Gasteiger partial charge in [-0.25, -0.2) is 9.55 Å². The molecule has 0 aliphatic carbocycles. The van der Waals surface area contributed by atoms with E-state index in [0.29, 0.717) is 0 Å². The summed E-state index contributed by atoms with van der Waals surface area (Å²) >= 11 is 1.65. The fraction of sp³-hybridized carbons (Fsp3) is 0.533. The maximum atomic E-state index is 12.9. The van der Waals surface area contributed by atoms with Crippen molar-refractivity contribution in [2.75, 3.05) is 0 Å². The van der Waals surface area contributed by atoms with Crippen LogP contribution < -0.4 is 5.56 Å². The molecule has 23 heavy (non-hydrogen) atoms. The highest BCUT2D eigenvalue weighted by atomic mass is 32.1. The van der Waals surface area contributed by atoms with Crippen LogP contribution in [-0.2, 0) is 12.8 Å². The average molecular weight is 332 g/mol. The Labute approximate surface area is 137 Å². The number of hydrogen-bond acceptors (Lipinski definition) is 6. The lowest BCUT2D eigenvalue weighted by Gasteiger charge is -2.04. The molecule has 0 radical (unpaired) electrons. The van der Waals surface area contributed by atoms with Crippen molar-refractivity contribution in [3.63, 3.8) is 0 Å². The fourth-order valence-corrected chi connectivity index (χ4v) is 3.87. The molecule has 0 aromatic carbocycles. The van der Waals surface area contributed by atoms with E-state index >= 15 is 0 Å². The van der Waals surface area contributed by atoms with Crippen molar-refractivity contribution < 1.29 is 0 Å². The molecule has 3 rings (SSSR count). The summed E-state index contributed by atoms with van der Waals surface area (Å²) in [6.07, 6.45) is 7.86. The minimum atomic E-state index is -0.110. The normalized spacial score (nSPS) is 11.4. The molecule has 3 aromatic rings. The topological polar surface area (TPSA) is 89.3 Å². The third-order valence-corrected chi connectivity index (χ3v) is 5.08. The van der Waals surface area contributed by atoms with E-state index in [4.69, 9.17) is 0 Å². The predicted molar refractivity (Wildman–Crippen MR) is 90.2 cm³/mol. The van der Waals surface area contributed by atoms with Crippen molar-refractivity contribution in [2.24, 2.45) is 0 Å². The van der Waals surface area contributed by atoms with Gasteiger partial charge in [0.1, 0.15) is 11.2 Å². The van der Waals surface area contributed by atoms with Crippen LogP contribution in [0.5, 0.6) is 0 Å². The highest BCUT2D eigenvalue weighted by Gasteiger charge is 2.18. The first kappa shape index (κ1) is 15.8. The number of nitrogens with zero attached hydrogens (tertiary/aromatic N) is 5. The maximum absolute atomic E-state index is 12.9. The maximum Gasteiger partial charge on any atom is 0.278 e. The SMILES string of the molecule is CCCCc1sc2ncn(-c3nn[nH]n3)c(=O)c2c1CCCC. The summed E-state index contributed by atoms with van der Waals surface area (Å²) in [5.41, 5.74) is 1.05. The van der Waals surface area contributed by atoms with Crippen LogP contribution in [0.25, 0.3) is 16.2 Å². The smallest absolute Gasteiger partial charge is 0.268 e. The average Bonchev–Trinajstić information content (AvgIpc) is 3.19. The molecule has 0 bridgehead atoms. The second-order valence-corrected chi connectivity index (χ2v) is 6.61. The molecule has 0 aliphatic rings. The lowest BCUT2D eigenvalue weighted by atomic mass is 10.0. The molecule has 122 valence electrons. The number of aryl methyl sites for hydroxylation is 2. The number of unbranched alkanes of at least 4 members (excludes halogenated alkanes) is 2. The fourth-order valence-electron chi connectivity index (χ4n) is 2.65. The predicted octanol–water partition coefficient (Wildman–Crippen LogP) is 2.65. The van der Waals surface area contributed by atoms with E-state index in [1.165, 1.54) is 15.8 Å². The van der Waals surface area contributed by atoms with Gasteiger partial charge in [-0.1, -0.05) is 31.8 Å². The van der Waals surface area contributed by atoms with Gasteiger partial charge in [-0.2, -0.15) is 5.21 Å². The number of tetrazole rings is 1. The van der Waals surface area contributed by atoms with E-state index < -0.39 is 0 Å². The molecule has 0 saturated carbocycles. The van der Waals surface area contributed by atoms with Crippen LogP contribution in [0.4, 0.5) is 0 Å². The van der Waals surface area contributed by atoms with Gasteiger partial charge >= 0.3 is 0 Å². The van der Waals surface area contributed by atoms with Crippen molar-refractivity contribution in [3.05, 3.63) is 27.1 Å². The molecule has 7 nitrogen and oxygen atoms in total. The number of nitrogens with one attached hydrogen (secondary N) is 1. The van der Waals surface area contributed by atoms with Gasteiger partial charge < -0.3 is 0 Å². The summed E-state index contributed by atoms with van der Waals surface area (Å²) in [4.78, 5) is 19.5. The Morgan fingerprint density at radius 2 is 2.00 bits per heavy atom. The molecular formula is C15H20N6OS. The van der Waals surface area contributed by atoms with Crippen LogP contribution in [0.3, 0.4) is 0 Å². The van der Waals surface area contributed by atoms with Gasteiger partial charge in [0.05, 0.1) is 5.39 Å². The molecule has 0 unspecified atom stereocenters. The highest BCUT2D eigenvalue weighted by Crippen LogP contribution is 2.30. The van der Waals surface area contributed by atoms with E-state index in [9.17, 15) is 4.79 Å². The second-order valence-electron chi connectivity index (χ2n) is 5.52. The number of hydrogen-bond donors (Lipinski definition) is 1. The molecular weight excluding hydrogens is 312 g/mol. The number of aromatic nitrogens is 6. The first-order valence-electron chi connectivity index (χ1n) is 8.02. The molecule has 0 spiro atoms. The molecule has 0 atom stereocenters. The number of aromatic amines is 1. The zero-order valence-corrected chi connectivity index (χ0v) is 14.2. The first-order valence-corrected chi connectivity index (χ1v) is 8.83. The standard InChI is InChI=1S/C15H20N6OS/c1-3-5-7-10-11(8-6-4-2)23-13-12(10)14(22)21(9-16-13)15-17-19-20-18-15/h9H,3-8H2,1-2H3,(H,17,18,19,20). The molecule has 0 fully saturated rings. The zero-order chi connectivity index (χ0) is 16.2. The third kappa shape index (κ3) is 3.03. The van der Waals surface area contributed by atoms with Crippen LogP contribution in [0.2, 0.25) is 0 Å². The largest absolute Gasteiger partial charge is 0.278 e. The van der Waals surface area contributed by atoms with Gasteiger partial charge in [-0.15, -0.1) is 16.4 Å². The van der Waals surface area contributed by atoms with Gasteiger partial charge in [-0.3, -0.25) is 4.79 Å². The number of H-pyrrole nitrogens is 1. The molecule has 3 heterocycles. The molecule has 1 N–H and O–H groups in total. The summed E-state index contributed by atoms with van der Waals surface area (Å²) in [5.74, 6) is 0.229. The molecule has 0 amide bonds. The minimum absolute atomic E-state index is 0.110. The summed E-state index contributed by atoms with van der Waals surface area (Å²) in [7, 11) is 0. The lowest BCUT2D eigenvalue weighted by Crippen LogP contribution is -2.20. The Balaban J connectivity index is 2.15. The van der Waals surface area contributed by atoms with Crippen LogP contribution >= 0.6 is 11.3 Å². The monoisotopic (exact) mass is 332 g/mol. The van der Waals surface area contributed by atoms with Gasteiger partial charge in [-0.05, 0) is 36.5 Å². The highest BCUT2D eigenvalue weighted by molar-refractivity contribution is 7.18. The minimum Gasteiger partial charge on any atom is -0.268 e. The Hall–Kier alpha value is -2.09. The van der Waals surface area contributed by atoms with E-state index in [-0.39, 0.29) is 11.5 Å². The molecule has 3 aromatic heterocycles. The van der Waals surface area contributed by atoms with Crippen LogP contribution in [-0.4, -0.2) is 30.2 Å². The van der Waals surface area contributed by atoms with Crippen LogP contribution in [0, 0.1) is 0 Å². The van der Waals surface area contributed by atoms with E-state index in [1.54, 1.807) is 11.3 Å². The summed E-state index contributed by atoms with van der Waals surface area (Å²) in [6, 6.07) is 0. The van der Waals surface area contributed by atoms with E-state index in [0.717, 1.165) is 54.3 Å². The number of rotatable bonds is 7. The molecule has 0 saturated heterocycles. The van der Waals surface area contributed by atoms with Crippen molar-refractivity contribution >= 4 is 21.6 Å². The quantitative estimate of drug-likeness (QED) is 0.718. The van der Waals surface area contributed by atoms with Gasteiger partial charge in [0.2, 0.25) is 0 Å². The Morgan fingerprint density at radius 3 is 2.70 bits per heavy atom. The Morgan fingerprint density at radius 1 is 1.22 bits per heavy atom. The zero-order valence-electron chi connectivity index (χ0n) is 13.4. The van der Waals surface area contributed by atoms with Crippen molar-refractivity contribution in [2.45, 2.75) is 52.4 Å². The summed E-state index contributed by atoms with van der Waals surface area (Å²) in [5, 5.41) is 14.4. The lowest BCUT2D eigenvalue weighted by molar-refractivity contribution is 0.769. The number of thiophene rings is 1. The van der Waals surface area contributed by atoms with E-state index in [2.05, 4.69) is 39.5 Å². The van der Waals surface area contributed by atoms with Gasteiger partial charge in [0.25, 0.3) is 11.5 Å². The number of fused-ring (bicyclic) bond motifs is 1. The Kier molecular flexibility index (Phi) is 4.80. The van der Waals surface area contributed by atoms with Crippen molar-refractivity contribution in [3.8, 4) is 5.95 Å². The van der Waals surface area contributed by atoms with Crippen molar-refractivity contribution in [1.29, 1.82) is 0 Å². The molecule has 8 heteroatoms. The Bertz CT molecular complexity index is 836. The van der Waals surface area contributed by atoms with Gasteiger partial charge in [0.15, 0.2) is 0 Å². The summed E-state index contributed by atoms with van der Waals surface area (Å²) < 4.78 is 1.36. The van der Waals surface area contributed by atoms with Crippen molar-refractivity contribution in [1.82, 2.24) is 30.2 Å². The van der Waals surface area contributed by atoms with Crippen LogP contribution in [0.15, 0.2) is 11.1 Å². The van der Waals surface area contributed by atoms with Crippen LogP contribution in [0.1, 0.15) is 50.0 Å². The second kappa shape index (κ2) is 6.99. The summed E-state index contributed by atoms with van der Waals surface area (Å²) in [6.45, 7) is 4.34. The van der Waals surface area contributed by atoms with Gasteiger partial charge in [0, 0.05) is 4.88 Å². The first-order chi connectivity index (χ1) is 11.3. The third-order valence-electron chi connectivity index (χ3n) is 3.88.